The van der Waals surface area contributed by atoms with E-state index in [0.717, 1.165) is 54.1 Å². The van der Waals surface area contributed by atoms with Crippen LogP contribution in [0, 0.1) is 0 Å². The van der Waals surface area contributed by atoms with Crippen molar-refractivity contribution in [3.05, 3.63) is 77.9 Å². The molecule has 8 nitrogen and oxygen atoms in total. The molecule has 0 aromatic heterocycles. The molecule has 0 aliphatic carbocycles. The first-order valence-electron chi connectivity index (χ1n) is 11.8. The van der Waals surface area contributed by atoms with Gasteiger partial charge in [0.15, 0.2) is 0 Å². The summed E-state index contributed by atoms with van der Waals surface area (Å²) in [7, 11) is 0. The van der Waals surface area contributed by atoms with Crippen molar-refractivity contribution >= 4 is 34.3 Å². The highest BCUT2D eigenvalue weighted by Crippen LogP contribution is 2.33. The van der Waals surface area contributed by atoms with E-state index in [1.54, 1.807) is 6.92 Å². The zero-order valence-corrected chi connectivity index (χ0v) is 19.6. The number of amides is 4. The summed E-state index contributed by atoms with van der Waals surface area (Å²) in [6.07, 6.45) is 0. The van der Waals surface area contributed by atoms with Gasteiger partial charge < -0.3 is 15.4 Å². The zero-order chi connectivity index (χ0) is 24.4. The number of nitrogens with zero attached hydrogens (tertiary/aromatic N) is 2. The summed E-state index contributed by atoms with van der Waals surface area (Å²) in [5.41, 5.74) is 1.21. The minimum atomic E-state index is -1.25. The number of hydrogen-bond donors (Lipinski definition) is 2. The molecule has 2 aliphatic rings. The third-order valence-corrected chi connectivity index (χ3v) is 6.65. The molecule has 1 atom stereocenters. The van der Waals surface area contributed by atoms with E-state index in [9.17, 15) is 14.4 Å². The molecule has 0 bridgehead atoms. The molecule has 0 spiro atoms. The minimum absolute atomic E-state index is 0.361. The lowest BCUT2D eigenvalue weighted by Gasteiger charge is -2.26. The molecule has 35 heavy (non-hydrogen) atoms. The molecule has 5 rings (SSSR count). The molecular formula is C27H28N4O4. The molecule has 2 N–H and O–H groups in total. The number of anilines is 1. The molecule has 4 amide bonds. The molecule has 2 fully saturated rings. The van der Waals surface area contributed by atoms with Crippen LogP contribution in [0.25, 0.3) is 10.8 Å². The predicted octanol–water partition coefficient (Wildman–Crippen LogP) is 3.08. The first-order chi connectivity index (χ1) is 16.9. The van der Waals surface area contributed by atoms with Crippen LogP contribution in [-0.2, 0) is 26.4 Å². The van der Waals surface area contributed by atoms with E-state index in [1.807, 2.05) is 66.7 Å². The van der Waals surface area contributed by atoms with Crippen LogP contribution in [0.3, 0.4) is 0 Å². The summed E-state index contributed by atoms with van der Waals surface area (Å²) >= 11 is 0. The monoisotopic (exact) mass is 472 g/mol. The molecule has 3 aromatic rings. The van der Waals surface area contributed by atoms with E-state index < -0.39 is 23.4 Å². The molecular weight excluding hydrogens is 444 g/mol. The van der Waals surface area contributed by atoms with Gasteiger partial charge in [-0.2, -0.15) is 0 Å². The highest BCUT2D eigenvalue weighted by molar-refractivity contribution is 6.11. The summed E-state index contributed by atoms with van der Waals surface area (Å²) in [6, 6.07) is 20.4. The van der Waals surface area contributed by atoms with Gasteiger partial charge >= 0.3 is 6.03 Å². The Hall–Kier alpha value is -3.75. The highest BCUT2D eigenvalue weighted by Gasteiger charge is 2.50. The molecule has 3 aromatic carbocycles. The van der Waals surface area contributed by atoms with Crippen molar-refractivity contribution in [2.75, 3.05) is 38.2 Å². The topological polar surface area (TPSA) is 91.0 Å². The molecule has 8 heteroatoms. The van der Waals surface area contributed by atoms with Crippen molar-refractivity contribution in [1.29, 1.82) is 0 Å². The molecule has 0 radical (unpaired) electrons. The number of urea groups is 1. The molecule has 2 aliphatic heterocycles. The summed E-state index contributed by atoms with van der Waals surface area (Å²) in [6.45, 7) is 5.45. The first-order valence-corrected chi connectivity index (χ1v) is 11.8. The lowest BCUT2D eigenvalue weighted by molar-refractivity contribution is -0.133. The number of hydrogen-bond acceptors (Lipinski definition) is 5. The summed E-state index contributed by atoms with van der Waals surface area (Å²) < 4.78 is 5.38. The zero-order valence-electron chi connectivity index (χ0n) is 19.6. The van der Waals surface area contributed by atoms with Crippen molar-refractivity contribution in [3.8, 4) is 0 Å². The fourth-order valence-corrected chi connectivity index (χ4v) is 4.74. The molecule has 180 valence electrons. The van der Waals surface area contributed by atoms with Crippen molar-refractivity contribution < 1.29 is 19.1 Å². The summed E-state index contributed by atoms with van der Waals surface area (Å²) in [5, 5.41) is 7.45. The number of morpholine rings is 1. The van der Waals surface area contributed by atoms with Crippen LogP contribution < -0.4 is 10.6 Å². The van der Waals surface area contributed by atoms with Crippen molar-refractivity contribution in [2.24, 2.45) is 0 Å². The van der Waals surface area contributed by atoms with Crippen LogP contribution in [0.1, 0.15) is 18.1 Å². The van der Waals surface area contributed by atoms with Crippen LogP contribution in [0.5, 0.6) is 0 Å². The van der Waals surface area contributed by atoms with Crippen LogP contribution in [0.15, 0.2) is 66.7 Å². The third kappa shape index (κ3) is 4.62. The Morgan fingerprint density at radius 3 is 2.49 bits per heavy atom. The number of benzene rings is 3. The minimum Gasteiger partial charge on any atom is -0.379 e. The molecule has 2 heterocycles. The lowest BCUT2D eigenvalue weighted by atomic mass is 9.88. The standard InChI is InChI=1S/C27H28N4O4/c1-27(23-8-4-6-20-5-2-3-7-22(20)23)25(33)31(26(34)29-27)18-24(32)28-21-11-9-19(10-12-21)17-30-13-15-35-16-14-30/h2-12H,13-18H2,1H3,(H,28,32)(H,29,34). The van der Waals surface area contributed by atoms with E-state index in [-0.39, 0.29) is 6.54 Å². The summed E-state index contributed by atoms with van der Waals surface area (Å²) in [5.74, 6) is -0.883. The number of carbonyl (C=O) groups is 3. The van der Waals surface area contributed by atoms with E-state index in [1.165, 1.54) is 0 Å². The number of carbonyl (C=O) groups excluding carboxylic acids is 3. The highest BCUT2D eigenvalue weighted by atomic mass is 16.5. The number of nitrogens with one attached hydrogen (secondary N) is 2. The second-order valence-electron chi connectivity index (χ2n) is 9.11. The van der Waals surface area contributed by atoms with Crippen molar-refractivity contribution in [2.45, 2.75) is 19.0 Å². The summed E-state index contributed by atoms with van der Waals surface area (Å²) in [4.78, 5) is 42.1. The van der Waals surface area contributed by atoms with Gasteiger partial charge in [0.2, 0.25) is 5.91 Å². The third-order valence-electron chi connectivity index (χ3n) is 6.65. The van der Waals surface area contributed by atoms with Crippen LogP contribution in [0.4, 0.5) is 10.5 Å². The first kappa shape index (κ1) is 23.0. The average molecular weight is 473 g/mol. The number of fused-ring (bicyclic) bond motifs is 1. The Kier molecular flexibility index (Phi) is 6.23. The van der Waals surface area contributed by atoms with Gasteiger partial charge in [-0.25, -0.2) is 4.79 Å². The van der Waals surface area contributed by atoms with Gasteiger partial charge in [-0.05, 0) is 41.0 Å². The molecule has 2 saturated heterocycles. The van der Waals surface area contributed by atoms with E-state index in [4.69, 9.17) is 4.74 Å². The van der Waals surface area contributed by atoms with E-state index in [2.05, 4.69) is 15.5 Å². The van der Waals surface area contributed by atoms with Gasteiger partial charge in [0.25, 0.3) is 5.91 Å². The lowest BCUT2D eigenvalue weighted by Crippen LogP contribution is -2.42. The van der Waals surface area contributed by atoms with Gasteiger partial charge in [0.1, 0.15) is 12.1 Å². The predicted molar refractivity (Wildman–Crippen MR) is 133 cm³/mol. The Bertz CT molecular complexity index is 1260. The Balaban J connectivity index is 1.25. The fraction of sp³-hybridized carbons (Fsp3) is 0.296. The Morgan fingerprint density at radius 2 is 1.71 bits per heavy atom. The Labute approximate surface area is 203 Å². The number of ether oxygens (including phenoxy) is 1. The number of rotatable bonds is 6. The van der Waals surface area contributed by atoms with Gasteiger partial charge in [-0.15, -0.1) is 0 Å². The van der Waals surface area contributed by atoms with Crippen LogP contribution in [0.2, 0.25) is 0 Å². The van der Waals surface area contributed by atoms with E-state index >= 15 is 0 Å². The van der Waals surface area contributed by atoms with Gasteiger partial charge in [-0.1, -0.05) is 54.6 Å². The molecule has 0 saturated carbocycles. The van der Waals surface area contributed by atoms with Gasteiger partial charge in [0.05, 0.1) is 13.2 Å². The number of imide groups is 1. The second-order valence-corrected chi connectivity index (χ2v) is 9.11. The van der Waals surface area contributed by atoms with Gasteiger partial charge in [0, 0.05) is 25.3 Å². The average Bonchev–Trinajstić information content (AvgIpc) is 3.09. The van der Waals surface area contributed by atoms with E-state index in [0.29, 0.717) is 11.3 Å². The SMILES string of the molecule is CC1(c2cccc3ccccc23)NC(=O)N(CC(=O)Nc2ccc(CN3CCOCC3)cc2)C1=O. The van der Waals surface area contributed by atoms with Crippen LogP contribution in [-0.4, -0.2) is 60.5 Å². The fourth-order valence-electron chi connectivity index (χ4n) is 4.74. The Morgan fingerprint density at radius 1 is 1.00 bits per heavy atom. The normalized spacial score (nSPS) is 20.8. The maximum absolute atomic E-state index is 13.4. The second kappa shape index (κ2) is 9.48. The quantitative estimate of drug-likeness (QED) is 0.538. The smallest absolute Gasteiger partial charge is 0.325 e. The van der Waals surface area contributed by atoms with Crippen LogP contribution >= 0.6 is 0 Å². The van der Waals surface area contributed by atoms with Crippen molar-refractivity contribution in [1.82, 2.24) is 15.1 Å². The van der Waals surface area contributed by atoms with Crippen molar-refractivity contribution in [3.63, 3.8) is 0 Å². The largest absolute Gasteiger partial charge is 0.379 e. The molecule has 1 unspecified atom stereocenters. The maximum Gasteiger partial charge on any atom is 0.325 e. The maximum atomic E-state index is 13.4. The van der Waals surface area contributed by atoms with Gasteiger partial charge in [-0.3, -0.25) is 19.4 Å².